The molecule has 0 aliphatic rings. The molecule has 0 fully saturated rings. The number of ether oxygens (including phenoxy) is 1. The lowest BCUT2D eigenvalue weighted by Gasteiger charge is -2.11. The number of para-hydroxylation sites is 2. The van der Waals surface area contributed by atoms with Crippen molar-refractivity contribution >= 4 is 19.7 Å². The highest BCUT2D eigenvalue weighted by Crippen LogP contribution is 2.32. The summed E-state index contributed by atoms with van der Waals surface area (Å²) in [6, 6.07) is 13.8. The molecule has 0 N–H and O–H groups in total. The van der Waals surface area contributed by atoms with E-state index in [4.69, 9.17) is 15.4 Å². The van der Waals surface area contributed by atoms with E-state index in [0.29, 0.717) is 5.75 Å². The summed E-state index contributed by atoms with van der Waals surface area (Å²) in [4.78, 5) is -0.0254. The average Bonchev–Trinajstić information content (AvgIpc) is 2.39. The summed E-state index contributed by atoms with van der Waals surface area (Å²) in [5.41, 5.74) is 1.00. The summed E-state index contributed by atoms with van der Waals surface area (Å²) in [6.45, 7) is 2.01. The van der Waals surface area contributed by atoms with Crippen LogP contribution in [0.2, 0.25) is 0 Å². The molecule has 0 atom stereocenters. The molecule has 0 aromatic heterocycles. The van der Waals surface area contributed by atoms with Gasteiger partial charge in [-0.1, -0.05) is 37.3 Å². The largest absolute Gasteiger partial charge is 0.456 e. The second-order valence-electron chi connectivity index (χ2n) is 3.95. The van der Waals surface area contributed by atoms with Crippen molar-refractivity contribution in [3.05, 3.63) is 54.1 Å². The Morgan fingerprint density at radius 1 is 1.00 bits per heavy atom. The molecule has 0 amide bonds. The Hall–Kier alpha value is -1.52. The van der Waals surface area contributed by atoms with Crippen molar-refractivity contribution in [2.24, 2.45) is 0 Å². The van der Waals surface area contributed by atoms with Gasteiger partial charge in [0.1, 0.15) is 16.4 Å². The van der Waals surface area contributed by atoms with Crippen LogP contribution in [-0.4, -0.2) is 8.42 Å². The molecule has 0 aliphatic heterocycles. The number of aryl methyl sites for hydroxylation is 1. The van der Waals surface area contributed by atoms with Crippen molar-refractivity contribution in [3.63, 3.8) is 0 Å². The van der Waals surface area contributed by atoms with Crippen molar-refractivity contribution in [1.29, 1.82) is 0 Å². The highest BCUT2D eigenvalue weighted by Gasteiger charge is 2.17. The first-order valence-corrected chi connectivity index (χ1v) is 8.12. The van der Waals surface area contributed by atoms with Gasteiger partial charge in [-0.05, 0) is 30.2 Å². The topological polar surface area (TPSA) is 43.4 Å². The summed E-state index contributed by atoms with van der Waals surface area (Å²) in [5.74, 6) is 0.871. The van der Waals surface area contributed by atoms with Crippen LogP contribution in [0.5, 0.6) is 11.5 Å². The SMILES string of the molecule is CCc1ccccc1Oc1ccccc1S(=O)(=O)Cl. The second kappa shape index (κ2) is 5.63. The highest BCUT2D eigenvalue weighted by atomic mass is 35.7. The molecule has 100 valence electrons. The van der Waals surface area contributed by atoms with Crippen molar-refractivity contribution in [2.75, 3.05) is 0 Å². The van der Waals surface area contributed by atoms with Gasteiger partial charge in [-0.25, -0.2) is 8.42 Å². The van der Waals surface area contributed by atoms with Gasteiger partial charge in [0.15, 0.2) is 0 Å². The second-order valence-corrected chi connectivity index (χ2v) is 6.48. The van der Waals surface area contributed by atoms with Gasteiger partial charge in [0.05, 0.1) is 0 Å². The number of hydrogen-bond donors (Lipinski definition) is 0. The van der Waals surface area contributed by atoms with Gasteiger partial charge in [0, 0.05) is 10.7 Å². The molecule has 0 radical (unpaired) electrons. The van der Waals surface area contributed by atoms with Gasteiger partial charge in [0.25, 0.3) is 9.05 Å². The maximum Gasteiger partial charge on any atom is 0.265 e. The third-order valence-corrected chi connectivity index (χ3v) is 4.05. The summed E-state index contributed by atoms with van der Waals surface area (Å²) in [6.07, 6.45) is 0.798. The number of benzene rings is 2. The lowest BCUT2D eigenvalue weighted by atomic mass is 10.1. The minimum Gasteiger partial charge on any atom is -0.456 e. The summed E-state index contributed by atoms with van der Waals surface area (Å²) >= 11 is 0. The molecule has 2 aromatic rings. The third-order valence-electron chi connectivity index (χ3n) is 2.69. The number of rotatable bonds is 4. The minimum atomic E-state index is -3.83. The summed E-state index contributed by atoms with van der Waals surface area (Å²) in [7, 11) is 1.57. The van der Waals surface area contributed by atoms with Crippen LogP contribution in [0.4, 0.5) is 0 Å². The van der Waals surface area contributed by atoms with Crippen LogP contribution in [0, 0.1) is 0 Å². The quantitative estimate of drug-likeness (QED) is 0.802. The van der Waals surface area contributed by atoms with Crippen LogP contribution in [0.3, 0.4) is 0 Å². The van der Waals surface area contributed by atoms with E-state index in [0.717, 1.165) is 12.0 Å². The fourth-order valence-corrected chi connectivity index (χ4v) is 2.72. The Morgan fingerprint density at radius 3 is 2.21 bits per heavy atom. The summed E-state index contributed by atoms with van der Waals surface area (Å²) < 4.78 is 28.7. The lowest BCUT2D eigenvalue weighted by molar-refractivity contribution is 0.463. The molecule has 19 heavy (non-hydrogen) atoms. The van der Waals surface area contributed by atoms with Crippen molar-refractivity contribution < 1.29 is 13.2 Å². The first-order valence-electron chi connectivity index (χ1n) is 5.82. The zero-order chi connectivity index (χ0) is 13.9. The molecular weight excluding hydrogens is 284 g/mol. The molecule has 0 bridgehead atoms. The van der Waals surface area contributed by atoms with Gasteiger partial charge in [-0.15, -0.1) is 0 Å². The van der Waals surface area contributed by atoms with E-state index >= 15 is 0 Å². The number of halogens is 1. The predicted octanol–water partition coefficient (Wildman–Crippen LogP) is 3.97. The molecule has 2 aromatic carbocycles. The van der Waals surface area contributed by atoms with Crippen molar-refractivity contribution in [2.45, 2.75) is 18.2 Å². The molecule has 3 nitrogen and oxygen atoms in total. The monoisotopic (exact) mass is 296 g/mol. The van der Waals surface area contributed by atoms with Gasteiger partial charge in [-0.3, -0.25) is 0 Å². The van der Waals surface area contributed by atoms with E-state index in [1.54, 1.807) is 24.3 Å². The van der Waals surface area contributed by atoms with Crippen LogP contribution >= 0.6 is 10.7 Å². The zero-order valence-electron chi connectivity index (χ0n) is 10.3. The molecule has 0 heterocycles. The Labute approximate surface area is 117 Å². The first kappa shape index (κ1) is 13.9. The van der Waals surface area contributed by atoms with Crippen LogP contribution < -0.4 is 4.74 Å². The zero-order valence-corrected chi connectivity index (χ0v) is 11.9. The van der Waals surface area contributed by atoms with E-state index in [2.05, 4.69) is 0 Å². The fraction of sp³-hybridized carbons (Fsp3) is 0.143. The maximum atomic E-state index is 11.5. The molecular formula is C14H13ClO3S. The normalized spacial score (nSPS) is 11.3. The number of hydrogen-bond acceptors (Lipinski definition) is 3. The van der Waals surface area contributed by atoms with E-state index in [9.17, 15) is 8.42 Å². The Morgan fingerprint density at radius 2 is 1.58 bits per heavy atom. The lowest BCUT2D eigenvalue weighted by Crippen LogP contribution is -1.97. The standard InChI is InChI=1S/C14H13ClO3S/c1-2-11-7-3-4-8-12(11)18-13-9-5-6-10-14(13)19(15,16)17/h3-10H,2H2,1H3. The van der Waals surface area contributed by atoms with Crippen LogP contribution in [0.15, 0.2) is 53.4 Å². The average molecular weight is 297 g/mol. The van der Waals surface area contributed by atoms with E-state index < -0.39 is 9.05 Å². The third kappa shape index (κ3) is 3.28. The smallest absolute Gasteiger partial charge is 0.265 e. The van der Waals surface area contributed by atoms with Crippen molar-refractivity contribution in [1.82, 2.24) is 0 Å². The fourth-order valence-electron chi connectivity index (χ4n) is 1.75. The van der Waals surface area contributed by atoms with Gasteiger partial charge in [-0.2, -0.15) is 0 Å². The molecule has 0 spiro atoms. The molecule has 2 rings (SSSR count). The summed E-state index contributed by atoms with van der Waals surface area (Å²) in [5, 5.41) is 0. The molecule has 0 saturated carbocycles. The van der Waals surface area contributed by atoms with E-state index in [1.807, 2.05) is 25.1 Å². The van der Waals surface area contributed by atoms with Crippen LogP contribution in [0.1, 0.15) is 12.5 Å². The minimum absolute atomic E-state index is 0.0254. The molecule has 0 aliphatic carbocycles. The Bertz CT molecular complexity index is 681. The highest BCUT2D eigenvalue weighted by molar-refractivity contribution is 8.13. The van der Waals surface area contributed by atoms with E-state index in [-0.39, 0.29) is 10.6 Å². The molecule has 5 heteroatoms. The maximum absolute atomic E-state index is 11.5. The molecule has 0 saturated heterocycles. The molecule has 0 unspecified atom stereocenters. The Balaban J connectivity index is 2.45. The van der Waals surface area contributed by atoms with Gasteiger partial charge in [0.2, 0.25) is 0 Å². The Kier molecular flexibility index (Phi) is 4.12. The van der Waals surface area contributed by atoms with Gasteiger partial charge >= 0.3 is 0 Å². The first-order chi connectivity index (χ1) is 9.02. The van der Waals surface area contributed by atoms with Crippen molar-refractivity contribution in [3.8, 4) is 11.5 Å². The van der Waals surface area contributed by atoms with Crippen LogP contribution in [-0.2, 0) is 15.5 Å². The predicted molar refractivity (Wildman–Crippen MR) is 75.4 cm³/mol. The van der Waals surface area contributed by atoms with E-state index in [1.165, 1.54) is 6.07 Å². The van der Waals surface area contributed by atoms with Gasteiger partial charge < -0.3 is 4.74 Å². The van der Waals surface area contributed by atoms with Crippen LogP contribution in [0.25, 0.3) is 0 Å².